The molecule has 2 N–H and O–H groups in total. The third-order valence-corrected chi connectivity index (χ3v) is 1.51. The molecule has 1 rings (SSSR count). The SMILES string of the molecule is C=C(N)N1CCCC1. The maximum absolute atomic E-state index is 5.43. The van der Waals surface area contributed by atoms with E-state index in [9.17, 15) is 0 Å². The van der Waals surface area contributed by atoms with Crippen molar-refractivity contribution in [2.45, 2.75) is 12.8 Å². The second-order valence-electron chi connectivity index (χ2n) is 2.19. The molecule has 1 aliphatic rings. The molecule has 0 atom stereocenters. The Morgan fingerprint density at radius 1 is 1.38 bits per heavy atom. The third-order valence-electron chi connectivity index (χ3n) is 1.51. The molecule has 1 aliphatic heterocycles. The van der Waals surface area contributed by atoms with Crippen LogP contribution in [0.1, 0.15) is 12.8 Å². The summed E-state index contributed by atoms with van der Waals surface area (Å²) in [6.07, 6.45) is 2.55. The number of nitrogens with two attached hydrogens (primary N) is 1. The Hall–Kier alpha value is -0.660. The summed E-state index contributed by atoms with van der Waals surface area (Å²) in [5.41, 5.74) is 5.43. The van der Waals surface area contributed by atoms with Gasteiger partial charge in [-0.2, -0.15) is 0 Å². The molecule has 0 radical (unpaired) electrons. The fourth-order valence-electron chi connectivity index (χ4n) is 1.00. The van der Waals surface area contributed by atoms with Gasteiger partial charge in [0, 0.05) is 13.1 Å². The van der Waals surface area contributed by atoms with Gasteiger partial charge >= 0.3 is 0 Å². The van der Waals surface area contributed by atoms with Gasteiger partial charge in [-0.15, -0.1) is 0 Å². The fourth-order valence-corrected chi connectivity index (χ4v) is 1.00. The summed E-state index contributed by atoms with van der Waals surface area (Å²) in [6.45, 7) is 5.85. The lowest BCUT2D eigenvalue weighted by Gasteiger charge is -2.14. The predicted molar refractivity (Wildman–Crippen MR) is 34.1 cm³/mol. The van der Waals surface area contributed by atoms with Gasteiger partial charge in [-0.3, -0.25) is 0 Å². The monoisotopic (exact) mass is 112 g/mol. The quantitative estimate of drug-likeness (QED) is 0.535. The van der Waals surface area contributed by atoms with Crippen molar-refractivity contribution in [3.05, 3.63) is 12.4 Å². The Kier molecular flexibility index (Phi) is 1.42. The molecule has 1 fully saturated rings. The maximum Gasteiger partial charge on any atom is 0.0912 e. The van der Waals surface area contributed by atoms with E-state index >= 15 is 0 Å². The van der Waals surface area contributed by atoms with Gasteiger partial charge in [0.05, 0.1) is 5.82 Å². The summed E-state index contributed by atoms with van der Waals surface area (Å²) in [7, 11) is 0. The lowest BCUT2D eigenvalue weighted by Crippen LogP contribution is -2.22. The molecule has 46 valence electrons. The molecule has 0 aromatic heterocycles. The van der Waals surface area contributed by atoms with Crippen molar-refractivity contribution in [3.63, 3.8) is 0 Å². The van der Waals surface area contributed by atoms with Crippen LogP contribution in [0.3, 0.4) is 0 Å². The van der Waals surface area contributed by atoms with Gasteiger partial charge < -0.3 is 10.6 Å². The van der Waals surface area contributed by atoms with Crippen LogP contribution in [0, 0.1) is 0 Å². The van der Waals surface area contributed by atoms with Crippen LogP contribution in [0.5, 0.6) is 0 Å². The zero-order valence-electron chi connectivity index (χ0n) is 5.06. The minimum Gasteiger partial charge on any atom is -0.386 e. The molecular weight excluding hydrogens is 100 g/mol. The van der Waals surface area contributed by atoms with E-state index in [2.05, 4.69) is 11.5 Å². The van der Waals surface area contributed by atoms with Crippen molar-refractivity contribution in [1.29, 1.82) is 0 Å². The number of nitrogens with zero attached hydrogens (tertiary/aromatic N) is 1. The van der Waals surface area contributed by atoms with Crippen molar-refractivity contribution in [2.75, 3.05) is 13.1 Å². The fraction of sp³-hybridized carbons (Fsp3) is 0.667. The summed E-state index contributed by atoms with van der Waals surface area (Å²) in [6, 6.07) is 0. The van der Waals surface area contributed by atoms with Crippen molar-refractivity contribution in [1.82, 2.24) is 4.90 Å². The van der Waals surface area contributed by atoms with E-state index in [1.165, 1.54) is 12.8 Å². The van der Waals surface area contributed by atoms with Gasteiger partial charge in [-0.05, 0) is 12.8 Å². The van der Waals surface area contributed by atoms with Crippen LogP contribution in [0.2, 0.25) is 0 Å². The topological polar surface area (TPSA) is 29.3 Å². The summed E-state index contributed by atoms with van der Waals surface area (Å²) >= 11 is 0. The Bertz CT molecular complexity index is 92.7. The Morgan fingerprint density at radius 3 is 2.12 bits per heavy atom. The summed E-state index contributed by atoms with van der Waals surface area (Å²) in [5, 5.41) is 0. The lowest BCUT2D eigenvalue weighted by atomic mass is 10.4. The van der Waals surface area contributed by atoms with Crippen molar-refractivity contribution in [3.8, 4) is 0 Å². The minimum absolute atomic E-state index is 0.725. The molecule has 0 aromatic carbocycles. The molecule has 2 nitrogen and oxygen atoms in total. The number of likely N-dealkylation sites (tertiary alicyclic amines) is 1. The maximum atomic E-state index is 5.43. The van der Waals surface area contributed by atoms with Gasteiger partial charge in [0.2, 0.25) is 0 Å². The molecule has 1 heterocycles. The zero-order valence-corrected chi connectivity index (χ0v) is 5.06. The summed E-state index contributed by atoms with van der Waals surface area (Å²) < 4.78 is 0. The van der Waals surface area contributed by atoms with E-state index in [0.717, 1.165) is 18.9 Å². The first-order chi connectivity index (χ1) is 3.80. The molecule has 0 aromatic rings. The van der Waals surface area contributed by atoms with Gasteiger partial charge in [-0.25, -0.2) is 0 Å². The van der Waals surface area contributed by atoms with Crippen molar-refractivity contribution < 1.29 is 0 Å². The number of hydrogen-bond acceptors (Lipinski definition) is 2. The first-order valence-corrected chi connectivity index (χ1v) is 3.00. The van der Waals surface area contributed by atoms with Crippen LogP contribution in [0.25, 0.3) is 0 Å². The highest BCUT2D eigenvalue weighted by molar-refractivity contribution is 4.88. The van der Waals surface area contributed by atoms with E-state index in [1.54, 1.807) is 0 Å². The molecule has 1 saturated heterocycles. The second-order valence-corrected chi connectivity index (χ2v) is 2.19. The number of rotatable bonds is 1. The van der Waals surface area contributed by atoms with E-state index in [1.807, 2.05) is 0 Å². The average Bonchev–Trinajstić information content (AvgIpc) is 2.12. The summed E-state index contributed by atoms with van der Waals surface area (Å²) in [4.78, 5) is 2.11. The predicted octanol–water partition coefficient (Wildman–Crippen LogP) is 0.512. The van der Waals surface area contributed by atoms with Gasteiger partial charge in [0.15, 0.2) is 0 Å². The molecule has 2 heteroatoms. The van der Waals surface area contributed by atoms with Crippen molar-refractivity contribution >= 4 is 0 Å². The van der Waals surface area contributed by atoms with Crippen LogP contribution in [0.4, 0.5) is 0 Å². The van der Waals surface area contributed by atoms with Crippen LogP contribution >= 0.6 is 0 Å². The van der Waals surface area contributed by atoms with Gasteiger partial charge in [0.1, 0.15) is 0 Å². The molecule has 0 aliphatic carbocycles. The smallest absolute Gasteiger partial charge is 0.0912 e. The van der Waals surface area contributed by atoms with Crippen LogP contribution in [0.15, 0.2) is 12.4 Å². The normalized spacial score (nSPS) is 19.2. The molecule has 0 bridgehead atoms. The molecule has 0 spiro atoms. The highest BCUT2D eigenvalue weighted by Crippen LogP contribution is 2.08. The first-order valence-electron chi connectivity index (χ1n) is 3.00. The van der Waals surface area contributed by atoms with E-state index < -0.39 is 0 Å². The zero-order chi connectivity index (χ0) is 5.98. The second kappa shape index (κ2) is 2.07. The van der Waals surface area contributed by atoms with Crippen molar-refractivity contribution in [2.24, 2.45) is 5.73 Å². The van der Waals surface area contributed by atoms with Gasteiger partial charge in [0.25, 0.3) is 0 Å². The van der Waals surface area contributed by atoms with E-state index in [4.69, 9.17) is 5.73 Å². The Balaban J connectivity index is 2.35. The highest BCUT2D eigenvalue weighted by atomic mass is 15.2. The molecule has 0 saturated carbocycles. The molecule has 0 amide bonds. The standard InChI is InChI=1S/C6H12N2/c1-6(7)8-4-2-3-5-8/h1-5,7H2. The van der Waals surface area contributed by atoms with E-state index in [0.29, 0.717) is 0 Å². The largest absolute Gasteiger partial charge is 0.386 e. The lowest BCUT2D eigenvalue weighted by molar-refractivity contribution is 0.424. The van der Waals surface area contributed by atoms with Crippen LogP contribution in [-0.2, 0) is 0 Å². The van der Waals surface area contributed by atoms with Crippen LogP contribution in [-0.4, -0.2) is 18.0 Å². The molecule has 0 unspecified atom stereocenters. The molecule has 8 heavy (non-hydrogen) atoms. The van der Waals surface area contributed by atoms with Gasteiger partial charge in [-0.1, -0.05) is 6.58 Å². The third kappa shape index (κ3) is 0.941. The van der Waals surface area contributed by atoms with E-state index in [-0.39, 0.29) is 0 Å². The Morgan fingerprint density at radius 2 is 1.88 bits per heavy atom. The molecular formula is C6H12N2. The minimum atomic E-state index is 0.725. The first kappa shape index (κ1) is 5.48. The highest BCUT2D eigenvalue weighted by Gasteiger charge is 2.09. The van der Waals surface area contributed by atoms with Crippen LogP contribution < -0.4 is 5.73 Å². The summed E-state index contributed by atoms with van der Waals surface area (Å²) in [5.74, 6) is 0.725. The Labute approximate surface area is 50.0 Å². The number of hydrogen-bond donors (Lipinski definition) is 1. The average molecular weight is 112 g/mol.